The van der Waals surface area contributed by atoms with Crippen molar-refractivity contribution in [1.82, 2.24) is 24.8 Å². The molecule has 0 bridgehead atoms. The Labute approximate surface area is 192 Å². The molecule has 0 spiro atoms. The third-order valence-corrected chi connectivity index (χ3v) is 5.96. The van der Waals surface area contributed by atoms with Gasteiger partial charge in [0.2, 0.25) is 17.5 Å². The monoisotopic (exact) mass is 471 g/mol. The van der Waals surface area contributed by atoms with E-state index < -0.39 is 35.4 Å². The predicted molar refractivity (Wildman–Crippen MR) is 115 cm³/mol. The average Bonchev–Trinajstić information content (AvgIpc) is 3.52. The quantitative estimate of drug-likeness (QED) is 0.459. The molecule has 1 aliphatic rings. The summed E-state index contributed by atoms with van der Waals surface area (Å²) in [6, 6.07) is 2.97. The zero-order valence-electron chi connectivity index (χ0n) is 19.0. The van der Waals surface area contributed by atoms with Crippen LogP contribution in [0.15, 0.2) is 27.3 Å². The molecule has 0 radical (unpaired) electrons. The Hall–Kier alpha value is -3.60. The molecule has 11 heteroatoms. The summed E-state index contributed by atoms with van der Waals surface area (Å²) in [5.41, 5.74) is 1.86. The van der Waals surface area contributed by atoms with Gasteiger partial charge in [-0.15, -0.1) is 0 Å². The Morgan fingerprint density at radius 3 is 2.65 bits per heavy atom. The second kappa shape index (κ2) is 7.73. The predicted octanol–water partition coefficient (Wildman–Crippen LogP) is 4.11. The van der Waals surface area contributed by atoms with Gasteiger partial charge < -0.3 is 23.8 Å². The Balaban J connectivity index is 1.65. The summed E-state index contributed by atoms with van der Waals surface area (Å²) >= 11 is 0. The first kappa shape index (κ1) is 22.2. The lowest BCUT2D eigenvalue weighted by molar-refractivity contribution is 0.0436. The van der Waals surface area contributed by atoms with Crippen molar-refractivity contribution in [3.8, 4) is 0 Å². The minimum atomic E-state index is -3.07. The van der Waals surface area contributed by atoms with E-state index >= 15 is 0 Å². The number of aromatic nitrogens is 4. The van der Waals surface area contributed by atoms with Crippen LogP contribution in [0, 0.1) is 13.8 Å². The van der Waals surface area contributed by atoms with Crippen LogP contribution in [0.4, 0.5) is 8.78 Å². The van der Waals surface area contributed by atoms with Gasteiger partial charge in [-0.3, -0.25) is 4.79 Å². The summed E-state index contributed by atoms with van der Waals surface area (Å²) in [6.07, 6.45) is -1.14. The van der Waals surface area contributed by atoms with Crippen LogP contribution in [0.1, 0.15) is 76.9 Å². The van der Waals surface area contributed by atoms with Gasteiger partial charge in [-0.05, 0) is 38.8 Å². The molecule has 0 unspecified atom stereocenters. The molecule has 1 aromatic carbocycles. The molecular formula is C23H23F2N5O4. The Morgan fingerprint density at radius 1 is 1.24 bits per heavy atom. The lowest BCUT2D eigenvalue weighted by Crippen LogP contribution is -2.41. The molecule has 1 amide bonds. The summed E-state index contributed by atoms with van der Waals surface area (Å²) in [7, 11) is 0. The third-order valence-electron chi connectivity index (χ3n) is 5.96. The smallest absolute Gasteiger partial charge is 0.292 e. The van der Waals surface area contributed by atoms with E-state index in [2.05, 4.69) is 19.9 Å². The molecule has 2 N–H and O–H groups in total. The van der Waals surface area contributed by atoms with E-state index in [9.17, 15) is 18.7 Å². The van der Waals surface area contributed by atoms with E-state index in [1.54, 1.807) is 0 Å². The molecule has 1 atom stereocenters. The molecule has 0 saturated carbocycles. The van der Waals surface area contributed by atoms with E-state index in [0.717, 1.165) is 16.8 Å². The van der Waals surface area contributed by atoms with Crippen LogP contribution in [0.2, 0.25) is 0 Å². The maximum absolute atomic E-state index is 13.8. The molecule has 3 aromatic heterocycles. The van der Waals surface area contributed by atoms with Crippen LogP contribution in [0.5, 0.6) is 0 Å². The number of hydrogen-bond donors (Lipinski definition) is 2. The molecular weight excluding hydrogens is 448 g/mol. The van der Waals surface area contributed by atoms with Crippen molar-refractivity contribution in [2.45, 2.75) is 52.2 Å². The van der Waals surface area contributed by atoms with Gasteiger partial charge in [-0.2, -0.15) is 0 Å². The number of carbonyl (C=O) groups excluding carboxylic acids is 1. The summed E-state index contributed by atoms with van der Waals surface area (Å²) in [4.78, 5) is 30.7. The SMILES string of the molecule is Cc1ccc(C)c2oc([C@@H]3c4nc[nH]c4CCN3C(=O)c3oc(C(C)(C)O)nc3C(F)F)nc12. The molecule has 5 rings (SSSR count). The lowest BCUT2D eigenvalue weighted by atomic mass is 10.0. The van der Waals surface area contributed by atoms with E-state index in [4.69, 9.17) is 8.83 Å². The number of aliphatic hydroxyl groups is 1. The van der Waals surface area contributed by atoms with Crippen molar-refractivity contribution in [1.29, 1.82) is 0 Å². The first-order chi connectivity index (χ1) is 16.1. The molecule has 0 aliphatic carbocycles. The van der Waals surface area contributed by atoms with Gasteiger partial charge in [0.25, 0.3) is 12.3 Å². The number of carbonyl (C=O) groups is 1. The lowest BCUT2D eigenvalue weighted by Gasteiger charge is -2.32. The van der Waals surface area contributed by atoms with Crippen molar-refractivity contribution >= 4 is 17.0 Å². The zero-order valence-corrected chi connectivity index (χ0v) is 19.0. The summed E-state index contributed by atoms with van der Waals surface area (Å²) in [5, 5.41) is 10.2. The van der Waals surface area contributed by atoms with E-state index in [1.165, 1.54) is 25.1 Å². The fourth-order valence-electron chi connectivity index (χ4n) is 4.16. The standard InChI is InChI=1S/C23H23F2N5O4/c1-10-5-6-11(2)17-13(10)28-20(33-17)16-14-12(26-9-27-14)7-8-30(16)21(31)18-15(19(24)25)29-22(34-18)23(3,4)32/h5-6,9,16,19,32H,7-8H2,1-4H3,(H,26,27)/t16-/m0/s1. The highest BCUT2D eigenvalue weighted by atomic mass is 19.3. The topological polar surface area (TPSA) is 121 Å². The Bertz CT molecular complexity index is 1360. The number of rotatable bonds is 4. The number of imidazole rings is 1. The van der Waals surface area contributed by atoms with Crippen LogP contribution in [0.25, 0.3) is 11.1 Å². The molecule has 0 saturated heterocycles. The van der Waals surface area contributed by atoms with Crippen molar-refractivity contribution in [2.24, 2.45) is 0 Å². The van der Waals surface area contributed by atoms with Crippen molar-refractivity contribution in [3.05, 3.63) is 64.2 Å². The summed E-state index contributed by atoms with van der Waals surface area (Å²) in [6.45, 7) is 6.65. The van der Waals surface area contributed by atoms with Gasteiger partial charge in [0.15, 0.2) is 17.3 Å². The van der Waals surface area contributed by atoms with Gasteiger partial charge in [0, 0.05) is 18.7 Å². The Morgan fingerprint density at radius 2 is 1.97 bits per heavy atom. The van der Waals surface area contributed by atoms with Crippen molar-refractivity contribution in [2.75, 3.05) is 6.54 Å². The van der Waals surface area contributed by atoms with Gasteiger partial charge in [0.05, 0.1) is 12.0 Å². The number of H-pyrrole nitrogens is 1. The number of hydrogen-bond acceptors (Lipinski definition) is 7. The highest BCUT2D eigenvalue weighted by Gasteiger charge is 2.42. The first-order valence-corrected chi connectivity index (χ1v) is 10.8. The fraction of sp³-hybridized carbons (Fsp3) is 0.391. The van der Waals surface area contributed by atoms with Crippen LogP contribution < -0.4 is 0 Å². The zero-order chi connectivity index (χ0) is 24.4. The van der Waals surface area contributed by atoms with Crippen LogP contribution in [-0.2, 0) is 12.0 Å². The van der Waals surface area contributed by atoms with E-state index in [1.807, 2.05) is 26.0 Å². The number of fused-ring (bicyclic) bond motifs is 2. The number of nitrogens with one attached hydrogen (secondary N) is 1. The van der Waals surface area contributed by atoms with Crippen molar-refractivity contribution in [3.63, 3.8) is 0 Å². The minimum absolute atomic E-state index is 0.177. The number of aryl methyl sites for hydroxylation is 2. The molecule has 0 fully saturated rings. The van der Waals surface area contributed by atoms with Crippen LogP contribution >= 0.6 is 0 Å². The van der Waals surface area contributed by atoms with E-state index in [-0.39, 0.29) is 18.3 Å². The van der Waals surface area contributed by atoms with Gasteiger partial charge in [-0.25, -0.2) is 23.7 Å². The molecule has 9 nitrogen and oxygen atoms in total. The average molecular weight is 471 g/mol. The number of nitrogens with zero attached hydrogens (tertiary/aromatic N) is 4. The third kappa shape index (κ3) is 3.47. The molecule has 1 aliphatic heterocycles. The molecule has 4 heterocycles. The highest BCUT2D eigenvalue weighted by Crippen LogP contribution is 2.38. The number of oxazole rings is 2. The number of aromatic amines is 1. The molecule has 4 aromatic rings. The van der Waals surface area contributed by atoms with Gasteiger partial charge in [-0.1, -0.05) is 12.1 Å². The number of alkyl halides is 2. The maximum atomic E-state index is 13.8. The number of halogens is 2. The number of amides is 1. The maximum Gasteiger partial charge on any atom is 0.292 e. The minimum Gasteiger partial charge on any atom is -0.438 e. The molecule has 178 valence electrons. The second-order valence-electron chi connectivity index (χ2n) is 8.94. The van der Waals surface area contributed by atoms with Gasteiger partial charge in [0.1, 0.15) is 11.1 Å². The van der Waals surface area contributed by atoms with Crippen molar-refractivity contribution < 1.29 is 27.5 Å². The van der Waals surface area contributed by atoms with Crippen LogP contribution in [0.3, 0.4) is 0 Å². The summed E-state index contributed by atoms with van der Waals surface area (Å²) in [5.74, 6) is -1.59. The number of benzene rings is 1. The fourth-order valence-corrected chi connectivity index (χ4v) is 4.16. The Kier molecular flexibility index (Phi) is 5.05. The van der Waals surface area contributed by atoms with Gasteiger partial charge >= 0.3 is 0 Å². The summed E-state index contributed by atoms with van der Waals surface area (Å²) < 4.78 is 39.0. The second-order valence-corrected chi connectivity index (χ2v) is 8.94. The largest absolute Gasteiger partial charge is 0.438 e. The first-order valence-electron chi connectivity index (χ1n) is 10.8. The highest BCUT2D eigenvalue weighted by molar-refractivity contribution is 5.93. The normalized spacial score (nSPS) is 16.5. The van der Waals surface area contributed by atoms with Crippen LogP contribution in [-0.4, -0.2) is 42.4 Å². The van der Waals surface area contributed by atoms with E-state index in [0.29, 0.717) is 23.2 Å². The molecule has 34 heavy (non-hydrogen) atoms.